The number of benzene rings is 1. The molecule has 0 saturated carbocycles. The van der Waals surface area contributed by atoms with E-state index >= 15 is 0 Å². The molecule has 1 N–H and O–H groups in total. The van der Waals surface area contributed by atoms with Gasteiger partial charge in [0.1, 0.15) is 0 Å². The summed E-state index contributed by atoms with van der Waals surface area (Å²) in [5, 5.41) is 8.96. The van der Waals surface area contributed by atoms with Crippen LogP contribution in [-0.4, -0.2) is 36.9 Å². The zero-order valence-electron chi connectivity index (χ0n) is 9.90. The van der Waals surface area contributed by atoms with Gasteiger partial charge in [0, 0.05) is 13.1 Å². The molecule has 1 aromatic carbocycles. The van der Waals surface area contributed by atoms with Crippen molar-refractivity contribution in [3.63, 3.8) is 0 Å². The van der Waals surface area contributed by atoms with E-state index in [-0.39, 0.29) is 0 Å². The third-order valence-electron chi connectivity index (χ3n) is 2.99. The zero-order valence-corrected chi connectivity index (χ0v) is 9.90. The van der Waals surface area contributed by atoms with Gasteiger partial charge in [0.15, 0.2) is 11.5 Å². The van der Waals surface area contributed by atoms with Gasteiger partial charge in [-0.25, -0.2) is 4.79 Å². The molecule has 2 rings (SSSR count). The number of amides is 1. The first-order chi connectivity index (χ1) is 8.15. The maximum Gasteiger partial charge on any atom is 0.407 e. The molecule has 1 heterocycles. The standard InChI is InChI=1S/C12H15NO4/c1-16-10-5-8-3-4-13(12(14)15)7-9(8)6-11(10)17-2/h5-6H,3-4,7H2,1-2H3,(H,14,15). The topological polar surface area (TPSA) is 59.0 Å². The number of carboxylic acid groups (broad SMARTS) is 1. The summed E-state index contributed by atoms with van der Waals surface area (Å²) in [4.78, 5) is 12.3. The van der Waals surface area contributed by atoms with Gasteiger partial charge in [-0.3, -0.25) is 0 Å². The number of rotatable bonds is 2. The molecule has 0 fully saturated rings. The lowest BCUT2D eigenvalue weighted by molar-refractivity contribution is 0.140. The van der Waals surface area contributed by atoms with Crippen molar-refractivity contribution < 1.29 is 19.4 Å². The van der Waals surface area contributed by atoms with Gasteiger partial charge in [0.25, 0.3) is 0 Å². The van der Waals surface area contributed by atoms with Crippen LogP contribution in [-0.2, 0) is 13.0 Å². The minimum absolute atomic E-state index is 0.408. The molecule has 92 valence electrons. The van der Waals surface area contributed by atoms with Crippen LogP contribution in [0.3, 0.4) is 0 Å². The van der Waals surface area contributed by atoms with Crippen LogP contribution in [0.2, 0.25) is 0 Å². The molecule has 0 spiro atoms. The number of hydrogen-bond acceptors (Lipinski definition) is 3. The highest BCUT2D eigenvalue weighted by molar-refractivity contribution is 5.66. The highest BCUT2D eigenvalue weighted by Gasteiger charge is 2.22. The SMILES string of the molecule is COc1cc2c(cc1OC)CN(C(=O)O)CC2. The van der Waals surface area contributed by atoms with E-state index in [0.717, 1.165) is 11.1 Å². The quantitative estimate of drug-likeness (QED) is 0.851. The summed E-state index contributed by atoms with van der Waals surface area (Å²) < 4.78 is 10.4. The second kappa shape index (κ2) is 4.53. The molecule has 0 radical (unpaired) electrons. The first-order valence-electron chi connectivity index (χ1n) is 5.37. The normalized spacial score (nSPS) is 14.1. The maximum absolute atomic E-state index is 10.9. The Morgan fingerprint density at radius 3 is 2.35 bits per heavy atom. The average Bonchev–Trinajstić information content (AvgIpc) is 2.36. The van der Waals surface area contributed by atoms with E-state index in [0.29, 0.717) is 31.0 Å². The monoisotopic (exact) mass is 237 g/mol. The molecule has 0 unspecified atom stereocenters. The van der Waals surface area contributed by atoms with Crippen molar-refractivity contribution in [2.75, 3.05) is 20.8 Å². The maximum atomic E-state index is 10.9. The van der Waals surface area contributed by atoms with Crippen LogP contribution in [0.5, 0.6) is 11.5 Å². The largest absolute Gasteiger partial charge is 0.493 e. The molecule has 1 aromatic rings. The molecule has 1 aliphatic rings. The van der Waals surface area contributed by atoms with Gasteiger partial charge in [-0.1, -0.05) is 0 Å². The van der Waals surface area contributed by atoms with Crippen molar-refractivity contribution >= 4 is 6.09 Å². The highest BCUT2D eigenvalue weighted by atomic mass is 16.5. The molecule has 5 nitrogen and oxygen atoms in total. The van der Waals surface area contributed by atoms with Gasteiger partial charge >= 0.3 is 6.09 Å². The molecule has 5 heteroatoms. The second-order valence-electron chi connectivity index (χ2n) is 3.93. The summed E-state index contributed by atoms with van der Waals surface area (Å²) in [5.41, 5.74) is 2.11. The van der Waals surface area contributed by atoms with E-state index < -0.39 is 6.09 Å². The summed E-state index contributed by atoms with van der Waals surface area (Å²) in [6, 6.07) is 3.77. The van der Waals surface area contributed by atoms with Crippen LogP contribution in [0.25, 0.3) is 0 Å². The van der Waals surface area contributed by atoms with E-state index in [4.69, 9.17) is 14.6 Å². The van der Waals surface area contributed by atoms with Gasteiger partial charge in [0.05, 0.1) is 14.2 Å². The molecular weight excluding hydrogens is 222 g/mol. The van der Waals surface area contributed by atoms with E-state index in [1.165, 1.54) is 4.90 Å². The van der Waals surface area contributed by atoms with Gasteiger partial charge < -0.3 is 19.5 Å². The van der Waals surface area contributed by atoms with Gasteiger partial charge in [-0.05, 0) is 29.7 Å². The molecule has 0 atom stereocenters. The summed E-state index contributed by atoms with van der Waals surface area (Å²) in [6.07, 6.45) is -0.174. The Balaban J connectivity index is 2.35. The molecule has 17 heavy (non-hydrogen) atoms. The minimum Gasteiger partial charge on any atom is -0.493 e. The number of nitrogens with zero attached hydrogens (tertiary/aromatic N) is 1. The fourth-order valence-electron chi connectivity index (χ4n) is 2.05. The van der Waals surface area contributed by atoms with E-state index in [9.17, 15) is 4.79 Å². The Labute approximate surface area is 99.6 Å². The molecule has 0 aliphatic carbocycles. The summed E-state index contributed by atoms with van der Waals surface area (Å²) in [5.74, 6) is 1.33. The van der Waals surface area contributed by atoms with Crippen molar-refractivity contribution in [3.05, 3.63) is 23.3 Å². The third-order valence-corrected chi connectivity index (χ3v) is 2.99. The van der Waals surface area contributed by atoms with Gasteiger partial charge in [-0.2, -0.15) is 0 Å². The lowest BCUT2D eigenvalue weighted by Gasteiger charge is -2.27. The Morgan fingerprint density at radius 1 is 1.24 bits per heavy atom. The minimum atomic E-state index is -0.884. The van der Waals surface area contributed by atoms with Crippen molar-refractivity contribution in [3.8, 4) is 11.5 Å². The Hall–Kier alpha value is -1.91. The second-order valence-corrected chi connectivity index (χ2v) is 3.93. The fourth-order valence-corrected chi connectivity index (χ4v) is 2.05. The molecular formula is C12H15NO4. The Bertz CT molecular complexity index is 444. The van der Waals surface area contributed by atoms with E-state index in [1.807, 2.05) is 12.1 Å². The molecule has 0 bridgehead atoms. The third kappa shape index (κ3) is 2.13. The van der Waals surface area contributed by atoms with Crippen LogP contribution >= 0.6 is 0 Å². The van der Waals surface area contributed by atoms with Crippen LogP contribution in [0.15, 0.2) is 12.1 Å². The van der Waals surface area contributed by atoms with Crippen molar-refractivity contribution in [1.29, 1.82) is 0 Å². The van der Waals surface area contributed by atoms with Crippen LogP contribution in [0, 0.1) is 0 Å². The highest BCUT2D eigenvalue weighted by Crippen LogP contribution is 2.33. The average molecular weight is 237 g/mol. The van der Waals surface area contributed by atoms with E-state index in [1.54, 1.807) is 14.2 Å². The van der Waals surface area contributed by atoms with Crippen molar-refractivity contribution in [1.82, 2.24) is 4.90 Å². The molecule has 0 saturated heterocycles. The summed E-state index contributed by atoms with van der Waals surface area (Å²) >= 11 is 0. The lowest BCUT2D eigenvalue weighted by Crippen LogP contribution is -2.34. The van der Waals surface area contributed by atoms with Gasteiger partial charge in [0.2, 0.25) is 0 Å². The predicted octanol–water partition coefficient (Wildman–Crippen LogP) is 1.74. The van der Waals surface area contributed by atoms with Gasteiger partial charge in [-0.15, -0.1) is 0 Å². The van der Waals surface area contributed by atoms with E-state index in [2.05, 4.69) is 0 Å². The number of ether oxygens (including phenoxy) is 2. The van der Waals surface area contributed by atoms with Crippen LogP contribution in [0.4, 0.5) is 4.79 Å². The number of fused-ring (bicyclic) bond motifs is 1. The molecule has 0 aromatic heterocycles. The first-order valence-corrected chi connectivity index (χ1v) is 5.37. The lowest BCUT2D eigenvalue weighted by atomic mass is 9.99. The van der Waals surface area contributed by atoms with Crippen LogP contribution < -0.4 is 9.47 Å². The molecule has 1 amide bonds. The number of carbonyl (C=O) groups is 1. The predicted molar refractivity (Wildman–Crippen MR) is 61.7 cm³/mol. The number of hydrogen-bond donors (Lipinski definition) is 1. The fraction of sp³-hybridized carbons (Fsp3) is 0.417. The summed E-state index contributed by atoms with van der Waals surface area (Å²) in [7, 11) is 3.17. The Kier molecular flexibility index (Phi) is 3.08. The van der Waals surface area contributed by atoms with Crippen LogP contribution in [0.1, 0.15) is 11.1 Å². The molecule has 1 aliphatic heterocycles. The smallest absolute Gasteiger partial charge is 0.407 e. The number of methoxy groups -OCH3 is 2. The first kappa shape index (κ1) is 11.6. The summed E-state index contributed by atoms with van der Waals surface area (Å²) in [6.45, 7) is 0.933. The Morgan fingerprint density at radius 2 is 1.82 bits per heavy atom. The van der Waals surface area contributed by atoms with Crippen molar-refractivity contribution in [2.45, 2.75) is 13.0 Å². The van der Waals surface area contributed by atoms with Crippen molar-refractivity contribution in [2.24, 2.45) is 0 Å². The zero-order chi connectivity index (χ0) is 12.4.